The minimum atomic E-state index is -0.181. The van der Waals surface area contributed by atoms with Gasteiger partial charge in [-0.25, -0.2) is 4.39 Å². The van der Waals surface area contributed by atoms with Crippen LogP contribution in [0.15, 0.2) is 23.6 Å². The largest absolute Gasteiger partial charge is 0.207 e. The molecule has 0 spiro atoms. The molecule has 1 aromatic carbocycles. The lowest BCUT2D eigenvalue weighted by atomic mass is 10.2. The molecule has 2 heteroatoms. The fourth-order valence-corrected chi connectivity index (χ4v) is 1.57. The molecule has 1 aromatic heterocycles. The predicted molar refractivity (Wildman–Crippen MR) is 40.6 cm³/mol. The number of hydrogen-bond donors (Lipinski definition) is 0. The maximum absolute atomic E-state index is 12.5. The highest BCUT2D eigenvalue weighted by molar-refractivity contribution is 7.08. The van der Waals surface area contributed by atoms with Crippen molar-refractivity contribution in [1.82, 2.24) is 0 Å². The van der Waals surface area contributed by atoms with Crippen molar-refractivity contribution in [2.45, 2.75) is 0 Å². The highest BCUT2D eigenvalue weighted by atomic mass is 32.1. The van der Waals surface area contributed by atoms with E-state index in [1.54, 1.807) is 6.07 Å². The minimum absolute atomic E-state index is 0.181. The van der Waals surface area contributed by atoms with E-state index in [-0.39, 0.29) is 5.82 Å². The zero-order valence-electron chi connectivity index (χ0n) is 5.10. The van der Waals surface area contributed by atoms with E-state index in [0.717, 1.165) is 10.8 Å². The van der Waals surface area contributed by atoms with Gasteiger partial charge in [-0.05, 0) is 29.0 Å². The van der Waals surface area contributed by atoms with Crippen LogP contribution in [0, 0.1) is 11.2 Å². The molecule has 10 heavy (non-hydrogen) atoms. The summed E-state index contributed by atoms with van der Waals surface area (Å²) in [7, 11) is 0. The molecule has 0 fully saturated rings. The Morgan fingerprint density at radius 2 is 2.30 bits per heavy atom. The van der Waals surface area contributed by atoms with Gasteiger partial charge in [0.25, 0.3) is 0 Å². The highest BCUT2D eigenvalue weighted by Gasteiger charge is 1.94. The molecule has 0 unspecified atom stereocenters. The summed E-state index contributed by atoms with van der Waals surface area (Å²) in [6.45, 7) is 0. The molecule has 49 valence electrons. The SMILES string of the molecule is Fc1ccc2[c]scc2c1. The molecular formula is C8H4FS. The van der Waals surface area contributed by atoms with E-state index >= 15 is 0 Å². The van der Waals surface area contributed by atoms with Crippen molar-refractivity contribution < 1.29 is 4.39 Å². The first-order valence-corrected chi connectivity index (χ1v) is 3.79. The van der Waals surface area contributed by atoms with Gasteiger partial charge in [-0.2, -0.15) is 0 Å². The van der Waals surface area contributed by atoms with Crippen LogP contribution in [-0.4, -0.2) is 0 Å². The summed E-state index contributed by atoms with van der Waals surface area (Å²) in [5.74, 6) is -0.181. The van der Waals surface area contributed by atoms with E-state index in [0.29, 0.717) is 0 Å². The van der Waals surface area contributed by atoms with E-state index in [1.807, 2.05) is 5.38 Å². The molecule has 1 heterocycles. The summed E-state index contributed by atoms with van der Waals surface area (Å²) < 4.78 is 12.5. The Morgan fingerprint density at radius 3 is 3.20 bits per heavy atom. The molecule has 0 aliphatic rings. The molecule has 0 saturated heterocycles. The molecule has 0 bridgehead atoms. The molecule has 0 saturated carbocycles. The quantitative estimate of drug-likeness (QED) is 0.543. The first-order valence-electron chi connectivity index (χ1n) is 2.91. The van der Waals surface area contributed by atoms with Crippen LogP contribution in [0.5, 0.6) is 0 Å². The molecule has 2 rings (SSSR count). The molecule has 0 aliphatic carbocycles. The second kappa shape index (κ2) is 2.06. The van der Waals surface area contributed by atoms with Gasteiger partial charge < -0.3 is 0 Å². The number of hydrogen-bond acceptors (Lipinski definition) is 1. The summed E-state index contributed by atoms with van der Waals surface area (Å²) in [4.78, 5) is 0. The van der Waals surface area contributed by atoms with Gasteiger partial charge in [-0.3, -0.25) is 0 Å². The first kappa shape index (κ1) is 5.86. The third-order valence-electron chi connectivity index (χ3n) is 1.37. The molecule has 0 atom stereocenters. The average Bonchev–Trinajstić information content (AvgIpc) is 2.33. The van der Waals surface area contributed by atoms with Crippen LogP contribution in [-0.2, 0) is 0 Å². The van der Waals surface area contributed by atoms with Gasteiger partial charge in [0.05, 0.1) is 5.38 Å². The fraction of sp³-hybridized carbons (Fsp3) is 0. The second-order valence-corrected chi connectivity index (χ2v) is 2.74. The lowest BCUT2D eigenvalue weighted by Crippen LogP contribution is -1.69. The van der Waals surface area contributed by atoms with Crippen molar-refractivity contribution in [1.29, 1.82) is 0 Å². The van der Waals surface area contributed by atoms with Crippen molar-refractivity contribution in [3.63, 3.8) is 0 Å². The maximum atomic E-state index is 12.5. The summed E-state index contributed by atoms with van der Waals surface area (Å²) in [6.07, 6.45) is 0. The Kier molecular flexibility index (Phi) is 1.21. The summed E-state index contributed by atoms with van der Waals surface area (Å²) in [5.41, 5.74) is 0. The third-order valence-corrected chi connectivity index (χ3v) is 2.08. The Hall–Kier alpha value is -0.890. The van der Waals surface area contributed by atoms with E-state index < -0.39 is 0 Å². The molecule has 0 aliphatic heterocycles. The highest BCUT2D eigenvalue weighted by Crippen LogP contribution is 2.18. The van der Waals surface area contributed by atoms with Gasteiger partial charge in [-0.15, -0.1) is 11.3 Å². The van der Waals surface area contributed by atoms with Gasteiger partial charge in [-0.1, -0.05) is 0 Å². The zero-order valence-corrected chi connectivity index (χ0v) is 5.91. The first-order chi connectivity index (χ1) is 4.86. The summed E-state index contributed by atoms with van der Waals surface area (Å²) >= 11 is 1.47. The topological polar surface area (TPSA) is 0 Å². The Labute approximate surface area is 61.9 Å². The van der Waals surface area contributed by atoms with Gasteiger partial charge in [0.2, 0.25) is 0 Å². The third kappa shape index (κ3) is 0.809. The molecule has 0 N–H and O–H groups in total. The standard InChI is InChI=1S/C8H4FS/c9-8-2-1-6-4-10-5-7(6)3-8/h1-3,5H. The van der Waals surface area contributed by atoms with E-state index in [4.69, 9.17) is 0 Å². The van der Waals surface area contributed by atoms with Gasteiger partial charge in [0.1, 0.15) is 5.82 Å². The predicted octanol–water partition coefficient (Wildman–Crippen LogP) is 2.84. The molecule has 1 radical (unpaired) electrons. The van der Waals surface area contributed by atoms with Crippen molar-refractivity contribution in [3.05, 3.63) is 34.8 Å². The Balaban J connectivity index is 2.86. The molecular weight excluding hydrogens is 147 g/mol. The van der Waals surface area contributed by atoms with E-state index in [1.165, 1.54) is 23.5 Å². The number of halogens is 1. The van der Waals surface area contributed by atoms with E-state index in [2.05, 4.69) is 5.38 Å². The van der Waals surface area contributed by atoms with Crippen LogP contribution in [0.25, 0.3) is 10.8 Å². The van der Waals surface area contributed by atoms with Crippen molar-refractivity contribution in [2.75, 3.05) is 0 Å². The molecule has 2 aromatic rings. The zero-order chi connectivity index (χ0) is 6.97. The van der Waals surface area contributed by atoms with Crippen LogP contribution < -0.4 is 0 Å². The number of benzene rings is 1. The van der Waals surface area contributed by atoms with Crippen molar-refractivity contribution in [2.24, 2.45) is 0 Å². The summed E-state index contributed by atoms with van der Waals surface area (Å²) in [6, 6.07) is 4.70. The summed E-state index contributed by atoms with van der Waals surface area (Å²) in [5, 5.41) is 6.84. The number of fused-ring (bicyclic) bond motifs is 1. The molecule has 0 amide bonds. The lowest BCUT2D eigenvalue weighted by molar-refractivity contribution is 0.630. The van der Waals surface area contributed by atoms with Crippen LogP contribution in [0.2, 0.25) is 0 Å². The molecule has 0 nitrogen and oxygen atoms in total. The average molecular weight is 151 g/mol. The van der Waals surface area contributed by atoms with Crippen molar-refractivity contribution >= 4 is 22.1 Å². The van der Waals surface area contributed by atoms with Gasteiger partial charge >= 0.3 is 0 Å². The Bertz CT molecular complexity index is 351. The fourth-order valence-electron chi connectivity index (χ4n) is 0.880. The van der Waals surface area contributed by atoms with Gasteiger partial charge in [0.15, 0.2) is 0 Å². The normalized spacial score (nSPS) is 10.5. The van der Waals surface area contributed by atoms with Crippen LogP contribution in [0.4, 0.5) is 4.39 Å². The smallest absolute Gasteiger partial charge is 0.123 e. The van der Waals surface area contributed by atoms with Crippen molar-refractivity contribution in [3.8, 4) is 0 Å². The monoisotopic (exact) mass is 151 g/mol. The maximum Gasteiger partial charge on any atom is 0.123 e. The number of rotatable bonds is 0. The minimum Gasteiger partial charge on any atom is -0.207 e. The van der Waals surface area contributed by atoms with Crippen LogP contribution in [0.1, 0.15) is 0 Å². The van der Waals surface area contributed by atoms with Crippen LogP contribution >= 0.6 is 11.3 Å². The Morgan fingerprint density at radius 1 is 1.40 bits per heavy atom. The number of thiophene rings is 1. The van der Waals surface area contributed by atoms with Crippen LogP contribution in [0.3, 0.4) is 0 Å². The van der Waals surface area contributed by atoms with E-state index in [9.17, 15) is 4.39 Å². The lowest BCUT2D eigenvalue weighted by Gasteiger charge is -1.86. The van der Waals surface area contributed by atoms with Gasteiger partial charge in [0, 0.05) is 5.39 Å². The second-order valence-electron chi connectivity index (χ2n) is 2.07.